The van der Waals surface area contributed by atoms with E-state index in [2.05, 4.69) is 15.9 Å². The average molecular weight is 250 g/mol. The Hall–Kier alpha value is -0.340. The second-order valence-electron chi connectivity index (χ2n) is 1.78. The monoisotopic (exact) mass is 248 g/mol. The van der Waals surface area contributed by atoms with Gasteiger partial charge in [0, 0.05) is 10.0 Å². The molecule has 0 aliphatic heterocycles. The van der Waals surface area contributed by atoms with Gasteiger partial charge in [-0.05, 0) is 18.2 Å². The second-order valence-corrected chi connectivity index (χ2v) is 3.11. The molecular formula is C9H10BrClO. The van der Waals surface area contributed by atoms with Crippen molar-refractivity contribution in [2.75, 3.05) is 0 Å². The summed E-state index contributed by atoms with van der Waals surface area (Å²) in [6.45, 7) is 4.00. The molecule has 0 spiro atoms. The number of carbonyl (C=O) groups is 1. The summed E-state index contributed by atoms with van der Waals surface area (Å²) in [5.74, 6) is 0. The number of hydrogen-bond acceptors (Lipinski definition) is 1. The van der Waals surface area contributed by atoms with Gasteiger partial charge >= 0.3 is 0 Å². The smallest absolute Gasteiger partial charge is 0.151 e. The Morgan fingerprint density at radius 1 is 1.42 bits per heavy atom. The Labute approximate surface area is 85.9 Å². The largest absolute Gasteiger partial charge is 0.298 e. The van der Waals surface area contributed by atoms with E-state index in [0.717, 1.165) is 10.8 Å². The number of carbonyl (C=O) groups excluding carboxylic acids is 1. The molecule has 0 heterocycles. The van der Waals surface area contributed by atoms with Crippen LogP contribution in [0, 0.1) is 0 Å². The summed E-state index contributed by atoms with van der Waals surface area (Å²) in [5, 5.41) is 0.476. The van der Waals surface area contributed by atoms with Crippen LogP contribution in [-0.2, 0) is 0 Å². The highest BCUT2D eigenvalue weighted by atomic mass is 79.9. The fraction of sp³-hybridized carbons (Fsp3) is 0.222. The number of hydrogen-bond donors (Lipinski definition) is 0. The lowest BCUT2D eigenvalue weighted by Crippen LogP contribution is -1.79. The maximum atomic E-state index is 10.2. The van der Waals surface area contributed by atoms with Gasteiger partial charge in [0.2, 0.25) is 0 Å². The van der Waals surface area contributed by atoms with Crippen molar-refractivity contribution in [2.45, 2.75) is 13.8 Å². The minimum Gasteiger partial charge on any atom is -0.298 e. The highest BCUT2D eigenvalue weighted by molar-refractivity contribution is 9.10. The zero-order chi connectivity index (χ0) is 9.56. The molecule has 0 bridgehead atoms. The molecule has 0 aliphatic carbocycles. The van der Waals surface area contributed by atoms with E-state index < -0.39 is 0 Å². The van der Waals surface area contributed by atoms with E-state index in [0.29, 0.717) is 10.6 Å². The highest BCUT2D eigenvalue weighted by Crippen LogP contribution is 2.19. The minimum absolute atomic E-state index is 0.476. The maximum Gasteiger partial charge on any atom is 0.151 e. The SMILES string of the molecule is CC.O=Cc1ccc(Br)cc1Cl. The standard InChI is InChI=1S/C7H4BrClO.C2H6/c8-6-2-1-5(4-10)7(9)3-6;1-2/h1-4H;1-2H3. The van der Waals surface area contributed by atoms with Gasteiger partial charge in [0.25, 0.3) is 0 Å². The van der Waals surface area contributed by atoms with Gasteiger partial charge in [-0.1, -0.05) is 41.4 Å². The van der Waals surface area contributed by atoms with Crippen LogP contribution in [0.4, 0.5) is 0 Å². The van der Waals surface area contributed by atoms with Gasteiger partial charge < -0.3 is 0 Å². The van der Waals surface area contributed by atoms with Crippen molar-refractivity contribution in [1.82, 2.24) is 0 Å². The van der Waals surface area contributed by atoms with E-state index in [1.807, 2.05) is 13.8 Å². The molecule has 3 heteroatoms. The lowest BCUT2D eigenvalue weighted by Gasteiger charge is -1.94. The van der Waals surface area contributed by atoms with Crippen LogP contribution in [0.5, 0.6) is 0 Å². The molecule has 0 fully saturated rings. The maximum absolute atomic E-state index is 10.2. The molecule has 0 saturated carbocycles. The number of halogens is 2. The number of benzene rings is 1. The summed E-state index contributed by atoms with van der Waals surface area (Å²) >= 11 is 8.89. The lowest BCUT2D eigenvalue weighted by atomic mass is 10.2. The van der Waals surface area contributed by atoms with E-state index >= 15 is 0 Å². The molecule has 0 aromatic heterocycles. The number of aldehydes is 1. The van der Waals surface area contributed by atoms with Crippen LogP contribution < -0.4 is 0 Å². The first-order valence-corrected chi connectivity index (χ1v) is 4.81. The second kappa shape index (κ2) is 6.21. The molecule has 66 valence electrons. The van der Waals surface area contributed by atoms with Gasteiger partial charge in [0.15, 0.2) is 6.29 Å². The zero-order valence-corrected chi connectivity index (χ0v) is 9.32. The van der Waals surface area contributed by atoms with Crippen LogP contribution in [-0.4, -0.2) is 6.29 Å². The van der Waals surface area contributed by atoms with E-state index in [1.54, 1.807) is 18.2 Å². The summed E-state index contributed by atoms with van der Waals surface area (Å²) in [5.41, 5.74) is 0.518. The van der Waals surface area contributed by atoms with Crippen molar-refractivity contribution < 1.29 is 4.79 Å². The molecule has 0 unspecified atom stereocenters. The predicted molar refractivity (Wildman–Crippen MR) is 55.9 cm³/mol. The van der Waals surface area contributed by atoms with Crippen LogP contribution in [0.25, 0.3) is 0 Å². The first-order valence-electron chi connectivity index (χ1n) is 3.64. The van der Waals surface area contributed by atoms with E-state index in [9.17, 15) is 4.79 Å². The fourth-order valence-electron chi connectivity index (χ4n) is 0.597. The predicted octanol–water partition coefficient (Wildman–Crippen LogP) is 3.94. The van der Waals surface area contributed by atoms with Crippen molar-refractivity contribution >= 4 is 33.8 Å². The Bertz CT molecular complexity index is 261. The van der Waals surface area contributed by atoms with Crippen LogP contribution in [0.2, 0.25) is 5.02 Å². The highest BCUT2D eigenvalue weighted by Gasteiger charge is 1.97. The molecule has 0 amide bonds. The summed E-state index contributed by atoms with van der Waals surface area (Å²) in [6, 6.07) is 5.13. The van der Waals surface area contributed by atoms with Gasteiger partial charge in [-0.3, -0.25) is 4.79 Å². The first kappa shape index (κ1) is 11.7. The molecule has 1 rings (SSSR count). The topological polar surface area (TPSA) is 17.1 Å². The molecule has 1 nitrogen and oxygen atoms in total. The Balaban J connectivity index is 0.000000561. The average Bonchev–Trinajstić information content (AvgIpc) is 2.08. The lowest BCUT2D eigenvalue weighted by molar-refractivity contribution is 0.112. The Morgan fingerprint density at radius 2 is 2.00 bits per heavy atom. The minimum atomic E-state index is 0.476. The van der Waals surface area contributed by atoms with Gasteiger partial charge in [-0.2, -0.15) is 0 Å². The first-order chi connectivity index (χ1) is 5.74. The summed E-state index contributed by atoms with van der Waals surface area (Å²) in [4.78, 5) is 10.2. The molecule has 12 heavy (non-hydrogen) atoms. The molecule has 0 atom stereocenters. The molecule has 1 aromatic rings. The van der Waals surface area contributed by atoms with Crippen molar-refractivity contribution in [1.29, 1.82) is 0 Å². The third-order valence-corrected chi connectivity index (χ3v) is 1.91. The van der Waals surface area contributed by atoms with E-state index in [-0.39, 0.29) is 0 Å². The van der Waals surface area contributed by atoms with Crippen LogP contribution in [0.3, 0.4) is 0 Å². The normalized spacial score (nSPS) is 8.33. The van der Waals surface area contributed by atoms with Gasteiger partial charge in [-0.15, -0.1) is 0 Å². The molecule has 0 aliphatic rings. The van der Waals surface area contributed by atoms with Crippen LogP contribution in [0.15, 0.2) is 22.7 Å². The van der Waals surface area contributed by atoms with Crippen molar-refractivity contribution in [3.05, 3.63) is 33.3 Å². The number of rotatable bonds is 1. The third kappa shape index (κ3) is 3.37. The van der Waals surface area contributed by atoms with Gasteiger partial charge in [0.1, 0.15) is 0 Å². The van der Waals surface area contributed by atoms with Crippen molar-refractivity contribution in [3.8, 4) is 0 Å². The van der Waals surface area contributed by atoms with E-state index in [4.69, 9.17) is 11.6 Å². The zero-order valence-electron chi connectivity index (χ0n) is 6.97. The summed E-state index contributed by atoms with van der Waals surface area (Å²) in [6.07, 6.45) is 0.731. The Kier molecular flexibility index (Phi) is 6.03. The van der Waals surface area contributed by atoms with Crippen LogP contribution >= 0.6 is 27.5 Å². The summed E-state index contributed by atoms with van der Waals surface area (Å²) < 4.78 is 0.878. The molecule has 0 radical (unpaired) electrons. The van der Waals surface area contributed by atoms with Crippen molar-refractivity contribution in [2.24, 2.45) is 0 Å². The summed E-state index contributed by atoms with van der Waals surface area (Å²) in [7, 11) is 0. The molecular weight excluding hydrogens is 239 g/mol. The van der Waals surface area contributed by atoms with E-state index in [1.165, 1.54) is 0 Å². The molecule has 1 aromatic carbocycles. The molecule has 0 saturated heterocycles. The third-order valence-electron chi connectivity index (χ3n) is 1.09. The van der Waals surface area contributed by atoms with Gasteiger partial charge in [0.05, 0.1) is 5.02 Å². The van der Waals surface area contributed by atoms with Gasteiger partial charge in [-0.25, -0.2) is 0 Å². The quantitative estimate of drug-likeness (QED) is 0.689. The molecule has 0 N–H and O–H groups in total. The fourth-order valence-corrected chi connectivity index (χ4v) is 1.32. The Morgan fingerprint density at radius 3 is 2.42 bits per heavy atom. The van der Waals surface area contributed by atoms with Crippen molar-refractivity contribution in [3.63, 3.8) is 0 Å². The van der Waals surface area contributed by atoms with Crippen LogP contribution in [0.1, 0.15) is 24.2 Å².